The summed E-state index contributed by atoms with van der Waals surface area (Å²) >= 11 is 0. The van der Waals surface area contributed by atoms with Gasteiger partial charge in [0.1, 0.15) is 0 Å². The maximum Gasteiger partial charge on any atom is 0.237 e. The fourth-order valence-corrected chi connectivity index (χ4v) is 3.70. The zero-order valence-corrected chi connectivity index (χ0v) is 13.5. The molecule has 20 heavy (non-hydrogen) atoms. The molecule has 0 bridgehead atoms. The van der Waals surface area contributed by atoms with Gasteiger partial charge >= 0.3 is 0 Å². The average molecular weight is 281 g/mol. The molecular weight excluding hydrogens is 250 g/mol. The van der Waals surface area contributed by atoms with Crippen molar-refractivity contribution in [3.05, 3.63) is 0 Å². The van der Waals surface area contributed by atoms with Gasteiger partial charge in [0, 0.05) is 25.2 Å². The van der Waals surface area contributed by atoms with Crippen molar-refractivity contribution in [2.45, 2.75) is 71.0 Å². The SMILES string of the molecule is CC1CC(C)CN(C(C)CC(C)(NC2CC2)C(N)=O)C1. The highest BCUT2D eigenvalue weighted by Gasteiger charge is 2.39. The molecule has 0 aromatic rings. The van der Waals surface area contributed by atoms with Crippen LogP contribution in [0.15, 0.2) is 0 Å². The molecule has 1 aliphatic carbocycles. The standard InChI is InChI=1S/C16H31N3O/c1-11-7-12(2)10-19(9-11)13(3)8-16(4,15(17)20)18-14-5-6-14/h11-14,18H,5-10H2,1-4H3,(H2,17,20). The molecule has 0 spiro atoms. The zero-order valence-electron chi connectivity index (χ0n) is 13.5. The molecule has 2 fully saturated rings. The summed E-state index contributed by atoms with van der Waals surface area (Å²) in [6.45, 7) is 11.1. The number of carbonyl (C=O) groups is 1. The van der Waals surface area contributed by atoms with Gasteiger partial charge in [0.25, 0.3) is 0 Å². The molecule has 0 aromatic heterocycles. The first-order valence-corrected chi connectivity index (χ1v) is 8.12. The number of carbonyl (C=O) groups excluding carboxylic acids is 1. The summed E-state index contributed by atoms with van der Waals surface area (Å²) < 4.78 is 0. The lowest BCUT2D eigenvalue weighted by molar-refractivity contribution is -0.124. The van der Waals surface area contributed by atoms with E-state index in [9.17, 15) is 4.79 Å². The molecule has 4 atom stereocenters. The topological polar surface area (TPSA) is 58.4 Å². The van der Waals surface area contributed by atoms with Crippen molar-refractivity contribution in [1.82, 2.24) is 10.2 Å². The summed E-state index contributed by atoms with van der Waals surface area (Å²) in [6, 6.07) is 0.892. The van der Waals surface area contributed by atoms with Crippen LogP contribution in [0.3, 0.4) is 0 Å². The quantitative estimate of drug-likeness (QED) is 0.779. The van der Waals surface area contributed by atoms with Gasteiger partial charge in [0.05, 0.1) is 5.54 Å². The Labute approximate surface area is 123 Å². The lowest BCUT2D eigenvalue weighted by atomic mass is 9.87. The number of hydrogen-bond acceptors (Lipinski definition) is 3. The van der Waals surface area contributed by atoms with Crippen LogP contribution in [0.5, 0.6) is 0 Å². The summed E-state index contributed by atoms with van der Waals surface area (Å²) in [4.78, 5) is 14.4. The monoisotopic (exact) mass is 281 g/mol. The minimum atomic E-state index is -0.565. The van der Waals surface area contributed by atoms with Gasteiger partial charge in [-0.25, -0.2) is 0 Å². The Balaban J connectivity index is 1.96. The number of nitrogens with one attached hydrogen (secondary N) is 1. The zero-order chi connectivity index (χ0) is 14.9. The van der Waals surface area contributed by atoms with Gasteiger partial charge < -0.3 is 16.0 Å². The molecule has 1 heterocycles. The van der Waals surface area contributed by atoms with Crippen LogP contribution in [0.2, 0.25) is 0 Å². The molecule has 0 radical (unpaired) electrons. The molecule has 1 saturated heterocycles. The fraction of sp³-hybridized carbons (Fsp3) is 0.938. The summed E-state index contributed by atoms with van der Waals surface area (Å²) in [5, 5.41) is 3.46. The predicted molar refractivity (Wildman–Crippen MR) is 82.4 cm³/mol. The van der Waals surface area contributed by atoms with Gasteiger partial charge in [-0.2, -0.15) is 0 Å². The molecule has 1 amide bonds. The third-order valence-electron chi connectivity index (χ3n) is 4.87. The molecule has 2 rings (SSSR count). The van der Waals surface area contributed by atoms with Crippen LogP contribution >= 0.6 is 0 Å². The van der Waals surface area contributed by atoms with Crippen molar-refractivity contribution in [3.8, 4) is 0 Å². The van der Waals surface area contributed by atoms with E-state index >= 15 is 0 Å². The molecule has 2 aliphatic rings. The van der Waals surface area contributed by atoms with Gasteiger partial charge in [0.2, 0.25) is 5.91 Å². The van der Waals surface area contributed by atoms with E-state index in [2.05, 4.69) is 31.0 Å². The van der Waals surface area contributed by atoms with Gasteiger partial charge in [0.15, 0.2) is 0 Å². The van der Waals surface area contributed by atoms with Crippen LogP contribution in [0.25, 0.3) is 0 Å². The van der Waals surface area contributed by atoms with Crippen LogP contribution in [-0.2, 0) is 4.79 Å². The second kappa shape index (κ2) is 6.02. The van der Waals surface area contributed by atoms with Crippen LogP contribution in [0.1, 0.15) is 53.4 Å². The number of rotatable bonds is 6. The van der Waals surface area contributed by atoms with Crippen LogP contribution in [-0.4, -0.2) is 41.5 Å². The lowest BCUT2D eigenvalue weighted by Gasteiger charge is -2.41. The van der Waals surface area contributed by atoms with E-state index in [1.54, 1.807) is 0 Å². The molecule has 0 aromatic carbocycles. The van der Waals surface area contributed by atoms with E-state index in [1.165, 1.54) is 19.3 Å². The Morgan fingerprint density at radius 3 is 2.35 bits per heavy atom. The summed E-state index contributed by atoms with van der Waals surface area (Å²) in [5.74, 6) is 1.28. The number of primary amides is 1. The number of amides is 1. The highest BCUT2D eigenvalue weighted by molar-refractivity contribution is 5.84. The van der Waals surface area contributed by atoms with Crippen LogP contribution < -0.4 is 11.1 Å². The van der Waals surface area contributed by atoms with E-state index in [0.29, 0.717) is 12.1 Å². The highest BCUT2D eigenvalue weighted by atomic mass is 16.1. The first-order valence-electron chi connectivity index (χ1n) is 8.12. The second-order valence-electron chi connectivity index (χ2n) is 7.57. The lowest BCUT2D eigenvalue weighted by Crippen LogP contribution is -2.58. The Morgan fingerprint density at radius 2 is 1.90 bits per heavy atom. The first kappa shape index (κ1) is 15.8. The van der Waals surface area contributed by atoms with Gasteiger partial charge in [-0.15, -0.1) is 0 Å². The molecular formula is C16H31N3O. The number of piperidine rings is 1. The largest absolute Gasteiger partial charge is 0.368 e. The van der Waals surface area contributed by atoms with E-state index < -0.39 is 5.54 Å². The maximum atomic E-state index is 11.9. The Hall–Kier alpha value is -0.610. The molecule has 4 heteroatoms. The molecule has 4 unspecified atom stereocenters. The van der Waals surface area contributed by atoms with Crippen LogP contribution in [0, 0.1) is 11.8 Å². The van der Waals surface area contributed by atoms with Crippen molar-refractivity contribution in [1.29, 1.82) is 0 Å². The average Bonchev–Trinajstić information content (AvgIpc) is 3.11. The minimum Gasteiger partial charge on any atom is -0.368 e. The number of hydrogen-bond donors (Lipinski definition) is 2. The second-order valence-corrected chi connectivity index (χ2v) is 7.57. The Kier molecular flexibility index (Phi) is 4.75. The van der Waals surface area contributed by atoms with E-state index in [4.69, 9.17) is 5.73 Å². The van der Waals surface area contributed by atoms with Gasteiger partial charge in [-0.1, -0.05) is 13.8 Å². The summed E-state index contributed by atoms with van der Waals surface area (Å²) in [5.41, 5.74) is 5.09. The normalized spacial score (nSPS) is 32.6. The Bertz CT molecular complexity index is 346. The van der Waals surface area contributed by atoms with Crippen molar-refractivity contribution >= 4 is 5.91 Å². The number of nitrogens with zero attached hydrogens (tertiary/aromatic N) is 1. The van der Waals surface area contributed by atoms with E-state index in [0.717, 1.165) is 31.3 Å². The molecule has 1 saturated carbocycles. The molecule has 3 N–H and O–H groups in total. The molecule has 1 aliphatic heterocycles. The first-order chi connectivity index (χ1) is 9.30. The van der Waals surface area contributed by atoms with E-state index in [-0.39, 0.29) is 5.91 Å². The number of likely N-dealkylation sites (tertiary alicyclic amines) is 1. The predicted octanol–water partition coefficient (Wildman–Crippen LogP) is 1.74. The Morgan fingerprint density at radius 1 is 1.35 bits per heavy atom. The van der Waals surface area contributed by atoms with Crippen molar-refractivity contribution in [3.63, 3.8) is 0 Å². The van der Waals surface area contributed by atoms with Gasteiger partial charge in [-0.3, -0.25) is 4.79 Å². The minimum absolute atomic E-state index is 0.214. The van der Waals surface area contributed by atoms with Crippen molar-refractivity contribution < 1.29 is 4.79 Å². The summed E-state index contributed by atoms with van der Waals surface area (Å²) in [6.07, 6.45) is 4.47. The number of nitrogens with two attached hydrogens (primary N) is 1. The van der Waals surface area contributed by atoms with Gasteiger partial charge in [-0.05, 0) is 51.4 Å². The van der Waals surface area contributed by atoms with E-state index in [1.807, 2.05) is 6.92 Å². The summed E-state index contributed by atoms with van der Waals surface area (Å²) in [7, 11) is 0. The van der Waals surface area contributed by atoms with Crippen molar-refractivity contribution in [2.75, 3.05) is 13.1 Å². The maximum absolute atomic E-state index is 11.9. The third kappa shape index (κ3) is 3.95. The van der Waals surface area contributed by atoms with Crippen LogP contribution in [0.4, 0.5) is 0 Å². The van der Waals surface area contributed by atoms with Crippen molar-refractivity contribution in [2.24, 2.45) is 17.6 Å². The highest BCUT2D eigenvalue weighted by Crippen LogP contribution is 2.28. The fourth-order valence-electron chi connectivity index (χ4n) is 3.70. The molecule has 116 valence electrons. The smallest absolute Gasteiger partial charge is 0.237 e. The third-order valence-corrected chi connectivity index (χ3v) is 4.87. The molecule has 4 nitrogen and oxygen atoms in total.